The van der Waals surface area contributed by atoms with Gasteiger partial charge in [0.25, 0.3) is 5.91 Å². The maximum absolute atomic E-state index is 13.0. The van der Waals surface area contributed by atoms with E-state index in [0.29, 0.717) is 51.5 Å². The maximum atomic E-state index is 13.0. The minimum atomic E-state index is -0.319. The van der Waals surface area contributed by atoms with Gasteiger partial charge in [-0.15, -0.1) is 11.3 Å². The minimum Gasteiger partial charge on any atom is -0.338 e. The van der Waals surface area contributed by atoms with Gasteiger partial charge >= 0.3 is 0 Å². The van der Waals surface area contributed by atoms with Crippen LogP contribution in [-0.4, -0.2) is 71.1 Å². The number of carbonyl (C=O) groups excluding carboxylic acids is 4. The first-order chi connectivity index (χ1) is 14.3. The molecule has 158 valence electrons. The summed E-state index contributed by atoms with van der Waals surface area (Å²) in [5, 5.41) is 1.75. The number of thiophene rings is 1. The predicted molar refractivity (Wildman–Crippen MR) is 115 cm³/mol. The lowest BCUT2D eigenvalue weighted by molar-refractivity contribution is -0.146. The van der Waals surface area contributed by atoms with Gasteiger partial charge < -0.3 is 9.80 Å². The van der Waals surface area contributed by atoms with Crippen LogP contribution >= 0.6 is 46.1 Å². The number of rotatable bonds is 3. The number of halogens is 3. The quantitative estimate of drug-likeness (QED) is 0.621. The number of amides is 4. The van der Waals surface area contributed by atoms with E-state index in [1.54, 1.807) is 21.9 Å². The zero-order chi connectivity index (χ0) is 21.6. The topological polar surface area (TPSA) is 78.0 Å². The Labute approximate surface area is 191 Å². The Balaban J connectivity index is 1.42. The minimum absolute atomic E-state index is 0.152. The molecule has 30 heavy (non-hydrogen) atoms. The van der Waals surface area contributed by atoms with Crippen molar-refractivity contribution in [2.24, 2.45) is 0 Å². The van der Waals surface area contributed by atoms with Crippen molar-refractivity contribution in [2.75, 3.05) is 32.7 Å². The highest BCUT2D eigenvalue weighted by atomic mass is 35.5. The zero-order valence-corrected chi connectivity index (χ0v) is 18.7. The van der Waals surface area contributed by atoms with Gasteiger partial charge in [-0.3, -0.25) is 24.1 Å². The summed E-state index contributed by atoms with van der Waals surface area (Å²) in [6.45, 7) is 1.04. The molecule has 2 aromatic rings. The Bertz CT molecular complexity index is 1060. The number of imide groups is 1. The van der Waals surface area contributed by atoms with Crippen LogP contribution in [0, 0.1) is 0 Å². The fraction of sp³-hybridized carbons (Fsp3) is 0.368. The van der Waals surface area contributed by atoms with Gasteiger partial charge in [0.2, 0.25) is 17.7 Å². The third-order valence-corrected chi connectivity index (χ3v) is 7.34. The molecule has 4 amide bonds. The van der Waals surface area contributed by atoms with Crippen LogP contribution < -0.4 is 0 Å². The lowest BCUT2D eigenvalue weighted by Gasteiger charge is -2.35. The summed E-state index contributed by atoms with van der Waals surface area (Å²) in [5.74, 6) is -1.17. The van der Waals surface area contributed by atoms with Crippen LogP contribution in [0.1, 0.15) is 22.5 Å². The van der Waals surface area contributed by atoms with Crippen molar-refractivity contribution >= 4 is 79.9 Å². The average molecular weight is 489 g/mol. The Morgan fingerprint density at radius 3 is 2.17 bits per heavy atom. The Kier molecular flexibility index (Phi) is 5.94. The highest BCUT2D eigenvalue weighted by Gasteiger charge is 2.33. The number of nitrogens with zero attached hydrogens (tertiary/aromatic N) is 3. The van der Waals surface area contributed by atoms with Crippen LogP contribution in [0.25, 0.3) is 10.1 Å². The lowest BCUT2D eigenvalue weighted by Crippen LogP contribution is -2.53. The molecule has 0 spiro atoms. The smallest absolute Gasteiger partial charge is 0.265 e. The molecule has 0 bridgehead atoms. The number of carbonyl (C=O) groups is 4. The summed E-state index contributed by atoms with van der Waals surface area (Å²) < 4.78 is 0.731. The van der Waals surface area contributed by atoms with Gasteiger partial charge in [-0.1, -0.05) is 34.8 Å². The molecule has 7 nitrogen and oxygen atoms in total. The largest absolute Gasteiger partial charge is 0.338 e. The van der Waals surface area contributed by atoms with Gasteiger partial charge in [-0.2, -0.15) is 0 Å². The van der Waals surface area contributed by atoms with Gasteiger partial charge in [0, 0.05) is 54.1 Å². The van der Waals surface area contributed by atoms with Gasteiger partial charge in [-0.05, 0) is 12.1 Å². The molecule has 0 N–H and O–H groups in total. The summed E-state index contributed by atoms with van der Waals surface area (Å²) in [7, 11) is 0. The monoisotopic (exact) mass is 487 g/mol. The summed E-state index contributed by atoms with van der Waals surface area (Å²) in [6, 6.07) is 3.30. The Morgan fingerprint density at radius 1 is 0.933 bits per heavy atom. The van der Waals surface area contributed by atoms with E-state index in [9.17, 15) is 19.2 Å². The molecule has 11 heteroatoms. The second-order valence-corrected chi connectivity index (χ2v) is 9.33. The second kappa shape index (κ2) is 8.34. The molecule has 0 radical (unpaired) electrons. The van der Waals surface area contributed by atoms with E-state index < -0.39 is 0 Å². The summed E-state index contributed by atoms with van der Waals surface area (Å²) in [6.07, 6.45) is 0.305. The van der Waals surface area contributed by atoms with E-state index in [2.05, 4.69) is 0 Å². The number of piperazine rings is 1. The number of hydrogen-bond donors (Lipinski definition) is 0. The van der Waals surface area contributed by atoms with E-state index >= 15 is 0 Å². The molecule has 0 unspecified atom stereocenters. The van der Waals surface area contributed by atoms with E-state index in [-0.39, 0.29) is 43.0 Å². The van der Waals surface area contributed by atoms with E-state index in [0.717, 1.165) is 9.60 Å². The van der Waals surface area contributed by atoms with Crippen molar-refractivity contribution in [3.8, 4) is 0 Å². The molecular weight excluding hydrogens is 473 g/mol. The SMILES string of the molecule is O=C(CN1C(=O)CCC1=O)N1CCN(C(=O)c2sc3cc(Cl)cc(Cl)c3c2Cl)CC1. The summed E-state index contributed by atoms with van der Waals surface area (Å²) in [5.41, 5.74) is 0. The Morgan fingerprint density at radius 2 is 1.53 bits per heavy atom. The third-order valence-electron chi connectivity index (χ3n) is 5.21. The molecule has 4 rings (SSSR count). The van der Waals surface area contributed by atoms with Gasteiger partial charge in [0.05, 0.1) is 10.0 Å². The molecule has 2 fully saturated rings. The number of fused-ring (bicyclic) bond motifs is 1. The van der Waals surface area contributed by atoms with Crippen LogP contribution in [0.3, 0.4) is 0 Å². The summed E-state index contributed by atoms with van der Waals surface area (Å²) >= 11 is 19.9. The highest BCUT2D eigenvalue weighted by Crippen LogP contribution is 2.41. The van der Waals surface area contributed by atoms with Crippen molar-refractivity contribution < 1.29 is 19.2 Å². The van der Waals surface area contributed by atoms with E-state index in [1.165, 1.54) is 11.3 Å². The van der Waals surface area contributed by atoms with Crippen LogP contribution in [0.15, 0.2) is 12.1 Å². The first kappa shape index (κ1) is 21.4. The number of likely N-dealkylation sites (tertiary alicyclic amines) is 1. The van der Waals surface area contributed by atoms with Crippen LogP contribution in [0.4, 0.5) is 0 Å². The van der Waals surface area contributed by atoms with E-state index in [1.807, 2.05) is 0 Å². The third kappa shape index (κ3) is 3.89. The highest BCUT2D eigenvalue weighted by molar-refractivity contribution is 7.21. The Hall–Kier alpha value is -1.87. The van der Waals surface area contributed by atoms with Gasteiger partial charge in [0.1, 0.15) is 11.4 Å². The van der Waals surface area contributed by atoms with Crippen molar-refractivity contribution in [1.29, 1.82) is 0 Å². The van der Waals surface area contributed by atoms with Gasteiger partial charge in [-0.25, -0.2) is 0 Å². The molecule has 1 aromatic heterocycles. The molecular formula is C19H16Cl3N3O4S. The van der Waals surface area contributed by atoms with Crippen molar-refractivity contribution in [3.63, 3.8) is 0 Å². The first-order valence-electron chi connectivity index (χ1n) is 9.23. The molecule has 2 saturated heterocycles. The fourth-order valence-corrected chi connectivity index (χ4v) is 5.93. The normalized spacial score (nSPS) is 17.4. The fourth-order valence-electron chi connectivity index (χ4n) is 3.59. The average Bonchev–Trinajstić information content (AvgIpc) is 3.21. The lowest BCUT2D eigenvalue weighted by atomic mass is 10.2. The predicted octanol–water partition coefficient (Wildman–Crippen LogP) is 3.29. The molecule has 3 heterocycles. The molecule has 2 aliphatic heterocycles. The van der Waals surface area contributed by atoms with Crippen LogP contribution in [-0.2, 0) is 14.4 Å². The van der Waals surface area contributed by atoms with Crippen molar-refractivity contribution in [2.45, 2.75) is 12.8 Å². The molecule has 0 aliphatic carbocycles. The standard InChI is InChI=1S/C19H16Cl3N3O4S/c20-10-7-11(21)16-12(8-10)30-18(17(16)22)19(29)24-5-3-23(4-6-24)15(28)9-25-13(26)1-2-14(25)27/h7-8H,1-6,9H2. The maximum Gasteiger partial charge on any atom is 0.265 e. The molecule has 0 atom stereocenters. The second-order valence-electron chi connectivity index (χ2n) is 7.05. The van der Waals surface area contributed by atoms with Crippen molar-refractivity contribution in [1.82, 2.24) is 14.7 Å². The van der Waals surface area contributed by atoms with Crippen LogP contribution in [0.5, 0.6) is 0 Å². The molecule has 1 aromatic carbocycles. The van der Waals surface area contributed by atoms with Crippen molar-refractivity contribution in [3.05, 3.63) is 32.1 Å². The number of benzene rings is 1. The first-order valence-corrected chi connectivity index (χ1v) is 11.2. The summed E-state index contributed by atoms with van der Waals surface area (Å²) in [4.78, 5) is 53.4. The number of hydrogen-bond acceptors (Lipinski definition) is 5. The molecule has 0 saturated carbocycles. The van der Waals surface area contributed by atoms with E-state index in [4.69, 9.17) is 34.8 Å². The zero-order valence-electron chi connectivity index (χ0n) is 15.6. The molecule has 2 aliphatic rings. The van der Waals surface area contributed by atoms with Gasteiger partial charge in [0.15, 0.2) is 0 Å². The van der Waals surface area contributed by atoms with Crippen LogP contribution in [0.2, 0.25) is 15.1 Å².